The maximum Gasteiger partial charge on any atom is 0.224 e. The third-order valence-corrected chi connectivity index (χ3v) is 3.12. The van der Waals surface area contributed by atoms with Crippen LogP contribution in [0.4, 0.5) is 11.8 Å². The van der Waals surface area contributed by atoms with Gasteiger partial charge in [-0.2, -0.15) is 10.1 Å². The van der Waals surface area contributed by atoms with Gasteiger partial charge in [0, 0.05) is 31.9 Å². The lowest BCUT2D eigenvalue weighted by Gasteiger charge is -2.09. The minimum Gasteiger partial charge on any atom is -0.364 e. The van der Waals surface area contributed by atoms with Crippen molar-refractivity contribution >= 4 is 23.4 Å². The molecule has 0 aliphatic heterocycles. The molecule has 0 amide bonds. The predicted molar refractivity (Wildman–Crippen MR) is 81.1 cm³/mol. The Kier molecular flexibility index (Phi) is 4.79. The molecule has 7 heteroatoms. The summed E-state index contributed by atoms with van der Waals surface area (Å²) in [6, 6.07) is 0. The van der Waals surface area contributed by atoms with Crippen LogP contribution in [0.5, 0.6) is 0 Å². The third-order valence-electron chi connectivity index (χ3n) is 2.84. The molecule has 0 aliphatic rings. The van der Waals surface area contributed by atoms with E-state index in [1.54, 1.807) is 10.9 Å². The molecule has 0 unspecified atom stereocenters. The maximum atomic E-state index is 6.11. The summed E-state index contributed by atoms with van der Waals surface area (Å²) in [5.41, 5.74) is 2.11. The molecular formula is C13H19ClN6. The quantitative estimate of drug-likeness (QED) is 0.857. The van der Waals surface area contributed by atoms with Crippen molar-refractivity contribution in [1.29, 1.82) is 0 Å². The number of aromatic nitrogens is 4. The van der Waals surface area contributed by atoms with Crippen LogP contribution in [0.3, 0.4) is 0 Å². The summed E-state index contributed by atoms with van der Waals surface area (Å²) >= 11 is 6.11. The van der Waals surface area contributed by atoms with Crippen molar-refractivity contribution in [2.45, 2.75) is 26.8 Å². The Bertz CT molecular complexity index is 580. The smallest absolute Gasteiger partial charge is 0.224 e. The van der Waals surface area contributed by atoms with Crippen LogP contribution in [-0.4, -0.2) is 26.3 Å². The van der Waals surface area contributed by atoms with Gasteiger partial charge in [0.1, 0.15) is 5.02 Å². The first kappa shape index (κ1) is 14.6. The molecular weight excluding hydrogens is 276 g/mol. The average molecular weight is 295 g/mol. The highest BCUT2D eigenvalue weighted by molar-refractivity contribution is 6.32. The average Bonchev–Trinajstić information content (AvgIpc) is 2.74. The summed E-state index contributed by atoms with van der Waals surface area (Å²) in [7, 11) is 1.90. The summed E-state index contributed by atoms with van der Waals surface area (Å²) in [5.74, 6) is 1.21. The van der Waals surface area contributed by atoms with Crippen molar-refractivity contribution in [3.8, 4) is 0 Å². The van der Waals surface area contributed by atoms with Crippen LogP contribution in [0.1, 0.15) is 24.6 Å². The zero-order valence-electron chi connectivity index (χ0n) is 11.9. The fourth-order valence-electron chi connectivity index (χ4n) is 1.81. The van der Waals surface area contributed by atoms with Crippen LogP contribution in [0, 0.1) is 6.92 Å². The first-order chi connectivity index (χ1) is 9.60. The molecule has 0 aromatic carbocycles. The maximum absolute atomic E-state index is 6.11. The van der Waals surface area contributed by atoms with Crippen LogP contribution in [0.25, 0.3) is 0 Å². The van der Waals surface area contributed by atoms with Gasteiger partial charge in [0.25, 0.3) is 0 Å². The number of anilines is 2. The van der Waals surface area contributed by atoms with Gasteiger partial charge in [-0.15, -0.1) is 0 Å². The molecule has 0 aliphatic carbocycles. The zero-order valence-corrected chi connectivity index (χ0v) is 12.7. The van der Waals surface area contributed by atoms with Crippen molar-refractivity contribution in [3.05, 3.63) is 28.7 Å². The number of nitrogens with one attached hydrogen (secondary N) is 2. The first-order valence-corrected chi connectivity index (χ1v) is 6.97. The molecule has 2 aromatic rings. The molecule has 0 bridgehead atoms. The normalized spacial score (nSPS) is 10.6. The highest BCUT2D eigenvalue weighted by Crippen LogP contribution is 2.20. The second-order valence-corrected chi connectivity index (χ2v) is 4.99. The number of halogens is 1. The molecule has 20 heavy (non-hydrogen) atoms. The Balaban J connectivity index is 2.06. The predicted octanol–water partition coefficient (Wildman–Crippen LogP) is 2.61. The van der Waals surface area contributed by atoms with E-state index >= 15 is 0 Å². The topological polar surface area (TPSA) is 67.7 Å². The van der Waals surface area contributed by atoms with Gasteiger partial charge in [0.2, 0.25) is 5.95 Å². The van der Waals surface area contributed by atoms with Crippen LogP contribution in [0.2, 0.25) is 5.02 Å². The first-order valence-electron chi connectivity index (χ1n) is 6.59. The van der Waals surface area contributed by atoms with Crippen LogP contribution in [-0.2, 0) is 13.6 Å². The molecule has 6 nitrogen and oxygen atoms in total. The molecule has 2 aromatic heterocycles. The molecule has 2 N–H and O–H groups in total. The minimum atomic E-state index is 0.508. The zero-order chi connectivity index (χ0) is 14.5. The lowest BCUT2D eigenvalue weighted by Crippen LogP contribution is -2.08. The third kappa shape index (κ3) is 3.60. The standard InChI is InChI=1S/C13H19ClN6/c1-4-5-15-13-17-7-11(14)12(18-13)16-6-10-8-20(3)19-9(10)2/h7-8H,4-6H2,1-3H3,(H2,15,16,17,18). The molecule has 0 spiro atoms. The largest absolute Gasteiger partial charge is 0.364 e. The van der Waals surface area contributed by atoms with Crippen molar-refractivity contribution in [2.75, 3.05) is 17.2 Å². The highest BCUT2D eigenvalue weighted by Gasteiger charge is 2.07. The number of rotatable bonds is 6. The molecule has 2 heterocycles. The Morgan fingerprint density at radius 1 is 1.35 bits per heavy atom. The van der Waals surface area contributed by atoms with E-state index in [2.05, 4.69) is 32.6 Å². The minimum absolute atomic E-state index is 0.508. The summed E-state index contributed by atoms with van der Waals surface area (Å²) in [6.07, 6.45) is 4.60. The van der Waals surface area contributed by atoms with E-state index < -0.39 is 0 Å². The van der Waals surface area contributed by atoms with Gasteiger partial charge in [-0.25, -0.2) is 4.98 Å². The van der Waals surface area contributed by atoms with E-state index in [1.165, 1.54) is 0 Å². The SMILES string of the molecule is CCCNc1ncc(Cl)c(NCc2cn(C)nc2C)n1. The van der Waals surface area contributed by atoms with E-state index in [-0.39, 0.29) is 0 Å². The molecule has 108 valence electrons. The Labute approximate surface area is 123 Å². The lowest BCUT2D eigenvalue weighted by molar-refractivity contribution is 0.756. The second kappa shape index (κ2) is 6.56. The van der Waals surface area contributed by atoms with Gasteiger partial charge in [0.05, 0.1) is 11.9 Å². The van der Waals surface area contributed by atoms with E-state index in [1.807, 2.05) is 20.2 Å². The Hall–Kier alpha value is -1.82. The van der Waals surface area contributed by atoms with E-state index in [0.717, 1.165) is 24.2 Å². The number of hydrogen-bond donors (Lipinski definition) is 2. The van der Waals surface area contributed by atoms with Gasteiger partial charge in [-0.3, -0.25) is 4.68 Å². The van der Waals surface area contributed by atoms with Gasteiger partial charge < -0.3 is 10.6 Å². The summed E-state index contributed by atoms with van der Waals surface area (Å²) in [5, 5.41) is 11.2. The van der Waals surface area contributed by atoms with Crippen molar-refractivity contribution in [2.24, 2.45) is 7.05 Å². The van der Waals surface area contributed by atoms with E-state index in [4.69, 9.17) is 11.6 Å². The molecule has 0 atom stereocenters. The van der Waals surface area contributed by atoms with Gasteiger partial charge in [0.15, 0.2) is 5.82 Å². The van der Waals surface area contributed by atoms with Gasteiger partial charge in [-0.1, -0.05) is 18.5 Å². The molecule has 0 fully saturated rings. The van der Waals surface area contributed by atoms with E-state index in [0.29, 0.717) is 23.3 Å². The van der Waals surface area contributed by atoms with Crippen LogP contribution < -0.4 is 10.6 Å². The fraction of sp³-hybridized carbons (Fsp3) is 0.462. The van der Waals surface area contributed by atoms with Crippen LogP contribution >= 0.6 is 11.6 Å². The second-order valence-electron chi connectivity index (χ2n) is 4.58. The molecule has 0 radical (unpaired) electrons. The molecule has 0 saturated heterocycles. The Morgan fingerprint density at radius 2 is 2.15 bits per heavy atom. The number of nitrogens with zero attached hydrogens (tertiary/aromatic N) is 4. The van der Waals surface area contributed by atoms with Crippen molar-refractivity contribution in [1.82, 2.24) is 19.7 Å². The lowest BCUT2D eigenvalue weighted by atomic mass is 10.2. The summed E-state index contributed by atoms with van der Waals surface area (Å²) in [4.78, 5) is 8.51. The number of aryl methyl sites for hydroxylation is 2. The Morgan fingerprint density at radius 3 is 2.80 bits per heavy atom. The monoisotopic (exact) mass is 294 g/mol. The highest BCUT2D eigenvalue weighted by atomic mass is 35.5. The van der Waals surface area contributed by atoms with Gasteiger partial charge in [-0.05, 0) is 13.3 Å². The summed E-state index contributed by atoms with van der Waals surface area (Å²) in [6.45, 7) is 5.53. The van der Waals surface area contributed by atoms with Gasteiger partial charge >= 0.3 is 0 Å². The van der Waals surface area contributed by atoms with Crippen molar-refractivity contribution in [3.63, 3.8) is 0 Å². The number of hydrogen-bond acceptors (Lipinski definition) is 5. The molecule has 2 rings (SSSR count). The van der Waals surface area contributed by atoms with Crippen LogP contribution in [0.15, 0.2) is 12.4 Å². The molecule has 0 saturated carbocycles. The summed E-state index contributed by atoms with van der Waals surface area (Å²) < 4.78 is 1.79. The van der Waals surface area contributed by atoms with Crippen molar-refractivity contribution < 1.29 is 0 Å². The fourth-order valence-corrected chi connectivity index (χ4v) is 1.97. The van der Waals surface area contributed by atoms with E-state index in [9.17, 15) is 0 Å².